The van der Waals surface area contributed by atoms with Gasteiger partial charge in [0.1, 0.15) is 26.9 Å². The molecule has 0 fully saturated rings. The van der Waals surface area contributed by atoms with Crippen LogP contribution in [0.1, 0.15) is 5.56 Å². The van der Waals surface area contributed by atoms with Crippen molar-refractivity contribution in [1.29, 1.82) is 0 Å². The van der Waals surface area contributed by atoms with Gasteiger partial charge in [0.05, 0.1) is 4.90 Å². The molecule has 0 heterocycles. The minimum atomic E-state index is -5.15. The topological polar surface area (TPSA) is 229 Å². The summed E-state index contributed by atoms with van der Waals surface area (Å²) in [5, 5.41) is 20.8. The highest BCUT2D eigenvalue weighted by molar-refractivity contribution is 7.86. The summed E-state index contributed by atoms with van der Waals surface area (Å²) in [6.07, 6.45) is 0. The Labute approximate surface area is 234 Å². The van der Waals surface area contributed by atoms with Crippen LogP contribution >= 0.6 is 0 Å². The molecule has 0 saturated carbocycles. The summed E-state index contributed by atoms with van der Waals surface area (Å²) in [4.78, 5) is -2.36. The normalized spacial score (nSPS) is 12.6. The number of para-hydroxylation sites is 1. The number of phenols is 1. The molecule has 4 aromatic rings. The zero-order valence-corrected chi connectivity index (χ0v) is 23.3. The van der Waals surface area contributed by atoms with Gasteiger partial charge in [0.25, 0.3) is 30.4 Å². The van der Waals surface area contributed by atoms with Crippen LogP contribution in [0, 0.1) is 6.92 Å². The van der Waals surface area contributed by atoms with Crippen molar-refractivity contribution in [2.75, 3.05) is 12.0 Å². The summed E-state index contributed by atoms with van der Waals surface area (Å²) >= 11 is 0. The van der Waals surface area contributed by atoms with Crippen molar-refractivity contribution in [2.45, 2.75) is 21.6 Å². The lowest BCUT2D eigenvalue weighted by atomic mass is 10.1. The van der Waals surface area contributed by atoms with Gasteiger partial charge < -0.3 is 15.2 Å². The average molecular weight is 624 g/mol. The fourth-order valence-electron chi connectivity index (χ4n) is 3.77. The maximum atomic E-state index is 12.2. The van der Waals surface area contributed by atoms with Gasteiger partial charge in [-0.2, -0.15) is 25.3 Å². The van der Waals surface area contributed by atoms with Crippen LogP contribution < -0.4 is 10.1 Å². The average Bonchev–Trinajstić information content (AvgIpc) is 2.87. The van der Waals surface area contributed by atoms with E-state index >= 15 is 0 Å². The molecule has 0 saturated heterocycles. The lowest BCUT2D eigenvalue weighted by Gasteiger charge is -2.16. The Bertz CT molecular complexity index is 2010. The number of nitrogens with one attached hydrogen (secondary N) is 1. The van der Waals surface area contributed by atoms with E-state index < -0.39 is 62.2 Å². The van der Waals surface area contributed by atoms with Crippen molar-refractivity contribution in [2.24, 2.45) is 10.2 Å². The van der Waals surface area contributed by atoms with Crippen molar-refractivity contribution in [3.8, 4) is 11.5 Å². The number of anilines is 1. The fraction of sp³-hybridized carbons (Fsp3) is 0.0833. The van der Waals surface area contributed by atoms with Gasteiger partial charge >= 0.3 is 0 Å². The Morgan fingerprint density at radius 2 is 1.44 bits per heavy atom. The Balaban J connectivity index is 1.94. The third-order valence-electron chi connectivity index (χ3n) is 5.59. The minimum absolute atomic E-state index is 0.157. The molecule has 0 amide bonds. The summed E-state index contributed by atoms with van der Waals surface area (Å²) < 4.78 is 107. The SMILES string of the molecule is Cc1ccc(N=Nc2c(S(=O)(=O)O)cc3cc(S(=O)(=O)O)cc(NCOc4ccccc4)c3c2O)c(S(=O)(=O)O)c1. The fourth-order valence-corrected chi connectivity index (χ4v) is 5.68. The number of fused-ring (bicyclic) bond motifs is 1. The monoisotopic (exact) mass is 623 g/mol. The number of phenolic OH excluding ortho intramolecular Hbond substituents is 1. The molecule has 216 valence electrons. The van der Waals surface area contributed by atoms with Crippen molar-refractivity contribution < 1.29 is 48.8 Å². The highest BCUT2D eigenvalue weighted by Crippen LogP contribution is 2.45. The highest BCUT2D eigenvalue weighted by Gasteiger charge is 2.26. The lowest BCUT2D eigenvalue weighted by molar-refractivity contribution is 0.347. The third-order valence-corrected chi connectivity index (χ3v) is 8.18. The van der Waals surface area contributed by atoms with E-state index in [1.54, 1.807) is 30.3 Å². The zero-order chi connectivity index (χ0) is 30.2. The van der Waals surface area contributed by atoms with E-state index in [1.807, 2.05) is 0 Å². The van der Waals surface area contributed by atoms with Crippen LogP contribution in [0.2, 0.25) is 0 Å². The van der Waals surface area contributed by atoms with Crippen molar-refractivity contribution in [1.82, 2.24) is 0 Å². The quantitative estimate of drug-likeness (QED) is 0.0988. The van der Waals surface area contributed by atoms with E-state index in [0.717, 1.165) is 24.3 Å². The van der Waals surface area contributed by atoms with Gasteiger partial charge in [0.2, 0.25) is 0 Å². The number of azo groups is 1. The largest absolute Gasteiger partial charge is 0.505 e. The van der Waals surface area contributed by atoms with E-state index in [9.17, 15) is 44.0 Å². The number of nitrogens with zero attached hydrogens (tertiary/aromatic N) is 2. The van der Waals surface area contributed by atoms with E-state index in [4.69, 9.17) is 4.74 Å². The van der Waals surface area contributed by atoms with Crippen LogP contribution in [0.5, 0.6) is 11.5 Å². The zero-order valence-electron chi connectivity index (χ0n) is 20.8. The van der Waals surface area contributed by atoms with E-state index in [1.165, 1.54) is 19.1 Å². The molecule has 0 aromatic heterocycles. The summed E-state index contributed by atoms with van der Waals surface area (Å²) in [5.41, 5.74) is -0.980. The first-order valence-corrected chi connectivity index (χ1v) is 15.6. The molecule has 0 aliphatic rings. The molecule has 0 atom stereocenters. The second-order valence-corrected chi connectivity index (χ2v) is 12.7. The maximum Gasteiger partial charge on any atom is 0.296 e. The Hall–Kier alpha value is -4.13. The number of aromatic hydroxyl groups is 1. The van der Waals surface area contributed by atoms with Gasteiger partial charge in [-0.3, -0.25) is 13.7 Å². The predicted octanol–water partition coefficient (Wildman–Crippen LogP) is 4.46. The molecule has 5 N–H and O–H groups in total. The number of aryl methyl sites for hydroxylation is 1. The van der Waals surface area contributed by atoms with Crippen LogP contribution in [-0.4, -0.2) is 50.7 Å². The Morgan fingerprint density at radius 3 is 2.05 bits per heavy atom. The van der Waals surface area contributed by atoms with Gasteiger partial charge in [-0.1, -0.05) is 24.3 Å². The maximum absolute atomic E-state index is 12.2. The van der Waals surface area contributed by atoms with Crippen molar-refractivity contribution >= 4 is 58.2 Å². The Morgan fingerprint density at radius 1 is 0.780 bits per heavy atom. The van der Waals surface area contributed by atoms with Crippen molar-refractivity contribution in [3.05, 3.63) is 72.3 Å². The molecule has 0 unspecified atom stereocenters. The van der Waals surface area contributed by atoms with Gasteiger partial charge in [0.15, 0.2) is 12.5 Å². The van der Waals surface area contributed by atoms with Gasteiger partial charge in [-0.05, 0) is 60.3 Å². The van der Waals surface area contributed by atoms with E-state index in [-0.39, 0.29) is 23.2 Å². The van der Waals surface area contributed by atoms with Crippen LogP contribution in [0.25, 0.3) is 10.8 Å². The smallest absolute Gasteiger partial charge is 0.296 e. The number of benzene rings is 4. The molecular formula is C24H21N3O11S3. The number of rotatable bonds is 9. The highest BCUT2D eigenvalue weighted by atomic mass is 32.2. The summed E-state index contributed by atoms with van der Waals surface area (Å²) in [6, 6.07) is 14.7. The lowest BCUT2D eigenvalue weighted by Crippen LogP contribution is -2.10. The molecule has 0 spiro atoms. The number of ether oxygens (including phenoxy) is 1. The van der Waals surface area contributed by atoms with Crippen molar-refractivity contribution in [3.63, 3.8) is 0 Å². The number of hydrogen-bond donors (Lipinski definition) is 5. The molecule has 14 nitrogen and oxygen atoms in total. The van der Waals surface area contributed by atoms with Gasteiger partial charge in [0, 0.05) is 11.1 Å². The molecule has 4 aromatic carbocycles. The van der Waals surface area contributed by atoms with E-state index in [2.05, 4.69) is 15.5 Å². The summed E-state index contributed by atoms with van der Waals surface area (Å²) in [6.45, 7) is 1.25. The first-order chi connectivity index (χ1) is 19.1. The van der Waals surface area contributed by atoms with Crippen LogP contribution in [0.15, 0.2) is 91.6 Å². The minimum Gasteiger partial charge on any atom is -0.505 e. The van der Waals surface area contributed by atoms with Crippen LogP contribution in [-0.2, 0) is 30.4 Å². The third kappa shape index (κ3) is 6.79. The summed E-state index contributed by atoms with van der Waals surface area (Å²) in [7, 11) is -14.8. The van der Waals surface area contributed by atoms with E-state index in [0.29, 0.717) is 11.3 Å². The van der Waals surface area contributed by atoms with Gasteiger partial charge in [-0.25, -0.2) is 0 Å². The first kappa shape index (κ1) is 29.8. The summed E-state index contributed by atoms with van der Waals surface area (Å²) in [5.74, 6) is -0.487. The Kier molecular flexibility index (Phi) is 8.03. The second kappa shape index (κ2) is 11.0. The van der Waals surface area contributed by atoms with Gasteiger partial charge in [-0.15, -0.1) is 10.2 Å². The molecule has 0 aliphatic heterocycles. The molecule has 4 rings (SSSR count). The molecular weight excluding hydrogens is 602 g/mol. The second-order valence-electron chi connectivity index (χ2n) is 8.52. The molecule has 17 heteroatoms. The van der Waals surface area contributed by atoms with Crippen LogP contribution in [0.3, 0.4) is 0 Å². The number of hydrogen-bond acceptors (Lipinski definition) is 11. The molecule has 0 bridgehead atoms. The predicted molar refractivity (Wildman–Crippen MR) is 146 cm³/mol. The molecule has 0 radical (unpaired) electrons. The molecule has 0 aliphatic carbocycles. The first-order valence-electron chi connectivity index (χ1n) is 11.3. The molecule has 41 heavy (non-hydrogen) atoms. The van der Waals surface area contributed by atoms with Crippen LogP contribution in [0.4, 0.5) is 17.1 Å². The standard InChI is InChI=1S/C24H21N3O11S3/c1-14-7-8-18(20(9-14)40(32,33)34)26-27-23-21(41(35,36)37)11-15-10-17(39(29,30)31)12-19(22(15)24(23)28)25-13-38-16-5-3-2-4-6-16/h2-12,25,28H,13H2,1H3,(H,29,30,31)(H,32,33,34)(H,35,36,37).